The zero-order valence-electron chi connectivity index (χ0n) is 11.8. The monoisotopic (exact) mass is 373 g/mol. The highest BCUT2D eigenvalue weighted by atomic mass is 79.9. The van der Waals surface area contributed by atoms with Crippen LogP contribution in [0.25, 0.3) is 11.1 Å². The van der Waals surface area contributed by atoms with Crippen LogP contribution in [0.1, 0.15) is 11.3 Å². The maximum absolute atomic E-state index is 5.95. The number of aromatic nitrogens is 2. The predicted octanol–water partition coefficient (Wildman–Crippen LogP) is 5.55. The normalized spacial score (nSPS) is 11.2. The summed E-state index contributed by atoms with van der Waals surface area (Å²) in [5.41, 5.74) is 4.01. The molecule has 0 spiro atoms. The molecule has 3 nitrogen and oxygen atoms in total. The van der Waals surface area contributed by atoms with Crippen molar-refractivity contribution in [2.24, 2.45) is 4.99 Å². The number of aliphatic imine (C=N–C) groups is 1. The topological polar surface area (TPSA) is 41.0 Å². The van der Waals surface area contributed by atoms with E-state index in [9.17, 15) is 0 Å². The second kappa shape index (κ2) is 6.46. The average molecular weight is 375 g/mol. The Labute approximate surface area is 142 Å². The quantitative estimate of drug-likeness (QED) is 0.600. The second-order valence-electron chi connectivity index (χ2n) is 4.87. The number of halogens is 2. The van der Waals surface area contributed by atoms with Crippen molar-refractivity contribution in [2.75, 3.05) is 0 Å². The van der Waals surface area contributed by atoms with E-state index in [-0.39, 0.29) is 0 Å². The molecule has 0 fully saturated rings. The molecule has 22 heavy (non-hydrogen) atoms. The van der Waals surface area contributed by atoms with Crippen molar-refractivity contribution in [2.45, 2.75) is 6.92 Å². The van der Waals surface area contributed by atoms with Gasteiger partial charge in [-0.3, -0.25) is 5.10 Å². The lowest BCUT2D eigenvalue weighted by Gasteiger charge is -2.01. The smallest absolute Gasteiger partial charge is 0.181 e. The van der Waals surface area contributed by atoms with E-state index in [2.05, 4.69) is 31.1 Å². The fourth-order valence-corrected chi connectivity index (χ4v) is 2.74. The van der Waals surface area contributed by atoms with Crippen LogP contribution in [0.2, 0.25) is 5.02 Å². The summed E-state index contributed by atoms with van der Waals surface area (Å²) in [5, 5.41) is 7.99. The Hall–Kier alpha value is -1.91. The fourth-order valence-electron chi connectivity index (χ4n) is 2.19. The van der Waals surface area contributed by atoms with Gasteiger partial charge >= 0.3 is 0 Å². The molecule has 5 heteroatoms. The maximum Gasteiger partial charge on any atom is 0.181 e. The van der Waals surface area contributed by atoms with Crippen molar-refractivity contribution < 1.29 is 0 Å². The molecule has 1 N–H and O–H groups in total. The molecule has 0 atom stereocenters. The molecule has 0 aliphatic rings. The Bertz CT molecular complexity index is 822. The largest absolute Gasteiger partial charge is 0.280 e. The summed E-state index contributed by atoms with van der Waals surface area (Å²) in [7, 11) is 0. The third kappa shape index (κ3) is 3.29. The van der Waals surface area contributed by atoms with E-state index >= 15 is 0 Å². The molecule has 1 heterocycles. The van der Waals surface area contributed by atoms with Gasteiger partial charge in [-0.1, -0.05) is 51.8 Å². The summed E-state index contributed by atoms with van der Waals surface area (Å²) in [6.45, 7) is 1.98. The van der Waals surface area contributed by atoms with E-state index in [4.69, 9.17) is 11.6 Å². The van der Waals surface area contributed by atoms with Gasteiger partial charge in [0, 0.05) is 27.0 Å². The molecule has 0 aliphatic heterocycles. The highest BCUT2D eigenvalue weighted by molar-refractivity contribution is 9.10. The van der Waals surface area contributed by atoms with Crippen LogP contribution in [0.5, 0.6) is 0 Å². The zero-order valence-corrected chi connectivity index (χ0v) is 14.2. The van der Waals surface area contributed by atoms with Crippen molar-refractivity contribution >= 4 is 39.6 Å². The molecule has 0 amide bonds. The molecule has 3 aromatic rings. The number of nitrogens with zero attached hydrogens (tertiary/aromatic N) is 2. The Balaban J connectivity index is 1.97. The molecular formula is C17H13BrClN3. The first-order valence-corrected chi connectivity index (χ1v) is 7.91. The molecule has 0 saturated heterocycles. The summed E-state index contributed by atoms with van der Waals surface area (Å²) in [6, 6.07) is 15.6. The van der Waals surface area contributed by atoms with Crippen molar-refractivity contribution in [3.63, 3.8) is 0 Å². The van der Waals surface area contributed by atoms with Crippen LogP contribution in [0, 0.1) is 6.92 Å². The SMILES string of the molecule is Cc1[nH]nc(N=Cc2cccc(Br)c2)c1-c1ccc(Cl)cc1. The lowest BCUT2D eigenvalue weighted by Crippen LogP contribution is -1.82. The van der Waals surface area contributed by atoms with Crippen LogP contribution in [-0.4, -0.2) is 16.4 Å². The van der Waals surface area contributed by atoms with Crippen LogP contribution >= 0.6 is 27.5 Å². The van der Waals surface area contributed by atoms with E-state index < -0.39 is 0 Å². The minimum absolute atomic E-state index is 0.666. The van der Waals surface area contributed by atoms with E-state index in [1.54, 1.807) is 6.21 Å². The summed E-state index contributed by atoms with van der Waals surface area (Å²) < 4.78 is 1.02. The predicted molar refractivity (Wildman–Crippen MR) is 95.2 cm³/mol. The van der Waals surface area contributed by atoms with Gasteiger partial charge in [0.25, 0.3) is 0 Å². The number of rotatable bonds is 3. The van der Waals surface area contributed by atoms with Crippen LogP contribution in [0.3, 0.4) is 0 Å². The Morgan fingerprint density at radius 2 is 1.95 bits per heavy atom. The zero-order chi connectivity index (χ0) is 15.5. The maximum atomic E-state index is 5.95. The molecule has 1 aromatic heterocycles. The minimum atomic E-state index is 0.666. The summed E-state index contributed by atoms with van der Waals surface area (Å²) in [6.07, 6.45) is 1.81. The first-order valence-electron chi connectivity index (χ1n) is 6.74. The van der Waals surface area contributed by atoms with Crippen LogP contribution in [0.4, 0.5) is 5.82 Å². The van der Waals surface area contributed by atoms with Gasteiger partial charge in [-0.05, 0) is 42.3 Å². The lowest BCUT2D eigenvalue weighted by molar-refractivity contribution is 1.04. The van der Waals surface area contributed by atoms with Gasteiger partial charge in [-0.25, -0.2) is 4.99 Å². The number of aromatic amines is 1. The van der Waals surface area contributed by atoms with E-state index in [1.807, 2.05) is 55.5 Å². The molecule has 0 aliphatic carbocycles. The second-order valence-corrected chi connectivity index (χ2v) is 6.22. The summed E-state index contributed by atoms with van der Waals surface area (Å²) in [4.78, 5) is 4.52. The highest BCUT2D eigenvalue weighted by Gasteiger charge is 2.11. The van der Waals surface area contributed by atoms with Crippen molar-refractivity contribution in [1.29, 1.82) is 0 Å². The van der Waals surface area contributed by atoms with E-state index in [0.29, 0.717) is 10.8 Å². The number of hydrogen-bond acceptors (Lipinski definition) is 2. The molecule has 3 rings (SSSR count). The Kier molecular flexibility index (Phi) is 4.41. The van der Waals surface area contributed by atoms with Gasteiger partial charge in [0.05, 0.1) is 0 Å². The number of aryl methyl sites for hydroxylation is 1. The molecular weight excluding hydrogens is 362 g/mol. The molecule has 2 aromatic carbocycles. The van der Waals surface area contributed by atoms with Gasteiger partial charge in [0.15, 0.2) is 5.82 Å². The fraction of sp³-hybridized carbons (Fsp3) is 0.0588. The van der Waals surface area contributed by atoms with Crippen molar-refractivity contribution in [3.05, 3.63) is 69.3 Å². The van der Waals surface area contributed by atoms with Crippen LogP contribution in [0.15, 0.2) is 58.0 Å². The number of hydrogen-bond donors (Lipinski definition) is 1. The standard InChI is InChI=1S/C17H13BrClN3/c1-11-16(13-5-7-15(19)8-6-13)17(22-21-11)20-10-12-3-2-4-14(18)9-12/h2-10H,1H3,(H,21,22). The van der Waals surface area contributed by atoms with Crippen molar-refractivity contribution in [3.8, 4) is 11.1 Å². The Morgan fingerprint density at radius 1 is 1.18 bits per heavy atom. The van der Waals surface area contributed by atoms with Crippen LogP contribution < -0.4 is 0 Å². The van der Waals surface area contributed by atoms with E-state index in [1.165, 1.54) is 0 Å². The average Bonchev–Trinajstić information content (AvgIpc) is 2.87. The van der Waals surface area contributed by atoms with Gasteiger partial charge in [0.2, 0.25) is 0 Å². The third-order valence-electron chi connectivity index (χ3n) is 3.25. The number of benzene rings is 2. The highest BCUT2D eigenvalue weighted by Crippen LogP contribution is 2.32. The van der Waals surface area contributed by atoms with Gasteiger partial charge in [0.1, 0.15) is 0 Å². The van der Waals surface area contributed by atoms with Gasteiger partial charge in [-0.2, -0.15) is 5.10 Å². The molecule has 0 bridgehead atoms. The summed E-state index contributed by atoms with van der Waals surface area (Å²) in [5.74, 6) is 0.666. The number of H-pyrrole nitrogens is 1. The first-order chi connectivity index (χ1) is 10.6. The summed E-state index contributed by atoms with van der Waals surface area (Å²) >= 11 is 9.41. The molecule has 0 radical (unpaired) electrons. The van der Waals surface area contributed by atoms with Gasteiger partial charge in [-0.15, -0.1) is 0 Å². The molecule has 0 unspecified atom stereocenters. The first kappa shape index (κ1) is 15.0. The van der Waals surface area contributed by atoms with Gasteiger partial charge < -0.3 is 0 Å². The molecule has 110 valence electrons. The van der Waals surface area contributed by atoms with Crippen molar-refractivity contribution in [1.82, 2.24) is 10.2 Å². The Morgan fingerprint density at radius 3 is 2.68 bits per heavy atom. The van der Waals surface area contributed by atoms with E-state index in [0.717, 1.165) is 26.9 Å². The molecule has 0 saturated carbocycles. The lowest BCUT2D eigenvalue weighted by atomic mass is 10.1. The van der Waals surface area contributed by atoms with Crippen LogP contribution in [-0.2, 0) is 0 Å². The minimum Gasteiger partial charge on any atom is -0.280 e. The number of nitrogens with one attached hydrogen (secondary N) is 1. The third-order valence-corrected chi connectivity index (χ3v) is 3.99.